The first kappa shape index (κ1) is 23.7. The van der Waals surface area contributed by atoms with Crippen LogP contribution in [0.15, 0.2) is 84.8 Å². The van der Waals surface area contributed by atoms with Gasteiger partial charge in [-0.1, -0.05) is 107 Å². The summed E-state index contributed by atoms with van der Waals surface area (Å²) in [5.74, 6) is 0.856. The number of rotatable bonds is 9. The average Bonchev–Trinajstić information content (AvgIpc) is 3.28. The second kappa shape index (κ2) is 11.1. The van der Waals surface area contributed by atoms with Gasteiger partial charge in [0, 0.05) is 16.6 Å². The van der Waals surface area contributed by atoms with E-state index in [-0.39, 0.29) is 6.04 Å². The van der Waals surface area contributed by atoms with Crippen molar-refractivity contribution in [3.63, 3.8) is 0 Å². The number of para-hydroxylation sites is 1. The lowest BCUT2D eigenvalue weighted by Gasteiger charge is -2.26. The van der Waals surface area contributed by atoms with Crippen molar-refractivity contribution in [1.29, 1.82) is 0 Å². The molecule has 3 aromatic rings. The minimum Gasteiger partial charge on any atom is -0.372 e. The fraction of sp³-hybridized carbons (Fsp3) is 0.276. The largest absolute Gasteiger partial charge is 0.372 e. The van der Waals surface area contributed by atoms with E-state index in [0.717, 1.165) is 16.3 Å². The van der Waals surface area contributed by atoms with Crippen LogP contribution in [0.5, 0.6) is 0 Å². The minimum atomic E-state index is -0.0277. The van der Waals surface area contributed by atoms with Crippen molar-refractivity contribution in [2.45, 2.75) is 52.5 Å². The van der Waals surface area contributed by atoms with Gasteiger partial charge in [0.2, 0.25) is 0 Å². The second-order valence-electron chi connectivity index (χ2n) is 8.53. The van der Waals surface area contributed by atoms with Crippen LogP contribution in [0, 0.1) is 0 Å². The summed E-state index contributed by atoms with van der Waals surface area (Å²) in [6.45, 7) is 14.9. The van der Waals surface area contributed by atoms with Crippen LogP contribution in [0.4, 0.5) is 5.69 Å². The molecule has 3 rings (SSSR count). The molecule has 0 amide bonds. The third-order valence-corrected chi connectivity index (χ3v) is 6.49. The molecule has 0 saturated carbocycles. The van der Waals surface area contributed by atoms with Crippen molar-refractivity contribution in [1.82, 2.24) is 4.98 Å². The zero-order chi connectivity index (χ0) is 23.1. The highest BCUT2D eigenvalue weighted by atomic mass is 32.1. The Morgan fingerprint density at radius 3 is 2.19 bits per heavy atom. The lowest BCUT2D eigenvalue weighted by Crippen LogP contribution is -2.16. The Labute approximate surface area is 197 Å². The van der Waals surface area contributed by atoms with Crippen LogP contribution >= 0.6 is 11.3 Å². The molecular formula is C29H34N2S. The number of hydrogen-bond acceptors (Lipinski definition) is 3. The van der Waals surface area contributed by atoms with Crippen LogP contribution in [0.2, 0.25) is 0 Å². The smallest absolute Gasteiger partial charge is 0.123 e. The molecule has 1 heterocycles. The minimum absolute atomic E-state index is 0.0277. The predicted octanol–water partition coefficient (Wildman–Crippen LogP) is 8.74. The van der Waals surface area contributed by atoms with E-state index in [4.69, 9.17) is 4.98 Å². The molecule has 3 heteroatoms. The molecule has 2 aromatic carbocycles. The third-order valence-electron chi connectivity index (χ3n) is 5.58. The molecule has 0 aliphatic heterocycles. The maximum atomic E-state index is 5.06. The van der Waals surface area contributed by atoms with Gasteiger partial charge in [-0.15, -0.1) is 11.3 Å². The topological polar surface area (TPSA) is 24.9 Å². The molecule has 1 aromatic heterocycles. The number of nitrogens with zero attached hydrogens (tertiary/aromatic N) is 1. The van der Waals surface area contributed by atoms with Crippen molar-refractivity contribution >= 4 is 22.6 Å². The van der Waals surface area contributed by atoms with Crippen LogP contribution in [-0.2, 0) is 0 Å². The number of thiazole rings is 1. The first-order valence-electron chi connectivity index (χ1n) is 11.3. The van der Waals surface area contributed by atoms with Crippen LogP contribution in [0.3, 0.4) is 0 Å². The van der Waals surface area contributed by atoms with E-state index in [1.165, 1.54) is 22.4 Å². The van der Waals surface area contributed by atoms with Gasteiger partial charge in [-0.2, -0.15) is 0 Å². The molecule has 0 fully saturated rings. The average molecular weight is 443 g/mol. The van der Waals surface area contributed by atoms with E-state index in [1.54, 1.807) is 17.4 Å². The zero-order valence-corrected chi connectivity index (χ0v) is 20.6. The Hall–Kier alpha value is -2.91. The van der Waals surface area contributed by atoms with E-state index >= 15 is 0 Å². The zero-order valence-electron chi connectivity index (χ0n) is 19.8. The molecule has 2 nitrogen and oxygen atoms in total. The molecule has 0 saturated heterocycles. The maximum absolute atomic E-state index is 5.06. The number of anilines is 1. The van der Waals surface area contributed by atoms with Crippen molar-refractivity contribution in [3.8, 4) is 0 Å². The van der Waals surface area contributed by atoms with Gasteiger partial charge in [-0.3, -0.25) is 0 Å². The molecule has 1 unspecified atom stereocenters. The summed E-state index contributed by atoms with van der Waals surface area (Å²) in [5.41, 5.74) is 7.28. The fourth-order valence-electron chi connectivity index (χ4n) is 3.85. The number of benzene rings is 2. The predicted molar refractivity (Wildman–Crippen MR) is 142 cm³/mol. The molecule has 1 atom stereocenters. The lowest BCUT2D eigenvalue weighted by molar-refractivity contribution is 0.816. The lowest BCUT2D eigenvalue weighted by atomic mass is 9.91. The maximum Gasteiger partial charge on any atom is 0.123 e. The van der Waals surface area contributed by atoms with Gasteiger partial charge < -0.3 is 5.32 Å². The van der Waals surface area contributed by atoms with Gasteiger partial charge in [0.25, 0.3) is 0 Å². The summed E-state index contributed by atoms with van der Waals surface area (Å²) >= 11 is 1.68. The number of nitrogens with one attached hydrogen (secondary N) is 1. The number of aromatic nitrogens is 1. The number of allylic oxidation sites excluding steroid dienone is 5. The van der Waals surface area contributed by atoms with Crippen LogP contribution in [0.25, 0.3) is 5.57 Å². The molecule has 0 aliphatic rings. The molecule has 0 bridgehead atoms. The Balaban J connectivity index is 2.10. The van der Waals surface area contributed by atoms with Crippen molar-refractivity contribution in [2.75, 3.05) is 5.32 Å². The third kappa shape index (κ3) is 5.46. The Morgan fingerprint density at radius 2 is 1.62 bits per heavy atom. The molecular weight excluding hydrogens is 408 g/mol. The van der Waals surface area contributed by atoms with Crippen LogP contribution in [-0.4, -0.2) is 4.98 Å². The first-order chi connectivity index (χ1) is 15.5. The van der Waals surface area contributed by atoms with Crippen molar-refractivity contribution in [2.24, 2.45) is 0 Å². The Kier molecular flexibility index (Phi) is 8.24. The normalized spacial score (nSPS) is 13.2. The molecule has 32 heavy (non-hydrogen) atoms. The monoisotopic (exact) mass is 442 g/mol. The van der Waals surface area contributed by atoms with Crippen molar-refractivity contribution in [3.05, 3.63) is 112 Å². The van der Waals surface area contributed by atoms with Gasteiger partial charge in [-0.05, 0) is 35.4 Å². The number of hydrogen-bond donors (Lipinski definition) is 1. The highest BCUT2D eigenvalue weighted by molar-refractivity contribution is 7.10. The summed E-state index contributed by atoms with van der Waals surface area (Å²) in [5, 5.41) is 7.11. The Bertz CT molecular complexity index is 1060. The van der Waals surface area contributed by atoms with Gasteiger partial charge in [0.1, 0.15) is 5.01 Å². The summed E-state index contributed by atoms with van der Waals surface area (Å²) in [7, 11) is 0. The summed E-state index contributed by atoms with van der Waals surface area (Å²) < 4.78 is 0. The summed E-state index contributed by atoms with van der Waals surface area (Å²) in [6.07, 6.45) is 7.91. The van der Waals surface area contributed by atoms with Crippen LogP contribution < -0.4 is 5.32 Å². The molecule has 0 spiro atoms. The summed E-state index contributed by atoms with van der Waals surface area (Å²) in [4.78, 5) is 5.06. The van der Waals surface area contributed by atoms with Gasteiger partial charge in [0.15, 0.2) is 0 Å². The van der Waals surface area contributed by atoms with E-state index < -0.39 is 0 Å². The molecule has 0 aliphatic carbocycles. The van der Waals surface area contributed by atoms with Gasteiger partial charge in [-0.25, -0.2) is 4.98 Å². The summed E-state index contributed by atoms with van der Waals surface area (Å²) in [6, 6.07) is 17.2. The highest BCUT2D eigenvalue weighted by Crippen LogP contribution is 2.37. The fourth-order valence-corrected chi connectivity index (χ4v) is 4.75. The SMILES string of the molecule is C=C/C=C\C(=C/C)c1nc(C(Nc2c(C(C)C)cccc2C(C)C)c2ccccc2)cs1. The Morgan fingerprint density at radius 1 is 0.969 bits per heavy atom. The molecule has 0 radical (unpaired) electrons. The van der Waals surface area contributed by atoms with Crippen LogP contribution in [0.1, 0.15) is 79.9 Å². The quantitative estimate of drug-likeness (QED) is 0.335. The van der Waals surface area contributed by atoms with Crippen molar-refractivity contribution < 1.29 is 0 Å². The van der Waals surface area contributed by atoms with E-state index in [0.29, 0.717) is 11.8 Å². The molecule has 1 N–H and O–H groups in total. The standard InChI is InChI=1S/C29H34N2S/c1-7-9-14-22(8-2)29-30-26(19-32-29)27(23-15-11-10-12-16-23)31-28-24(20(3)4)17-13-18-25(28)21(5)6/h7-21,27,31H,1H2,2-6H3/b14-9-,22-8+. The van der Waals surface area contributed by atoms with E-state index in [2.05, 4.69) is 106 Å². The first-order valence-corrected chi connectivity index (χ1v) is 12.2. The second-order valence-corrected chi connectivity index (χ2v) is 9.38. The van der Waals surface area contributed by atoms with E-state index in [1.807, 2.05) is 13.0 Å². The van der Waals surface area contributed by atoms with Gasteiger partial charge >= 0.3 is 0 Å². The van der Waals surface area contributed by atoms with E-state index in [9.17, 15) is 0 Å². The molecule has 166 valence electrons. The highest BCUT2D eigenvalue weighted by Gasteiger charge is 2.22. The van der Waals surface area contributed by atoms with Gasteiger partial charge in [0.05, 0.1) is 11.7 Å².